The molecule has 126 valence electrons. The Morgan fingerprint density at radius 1 is 1.14 bits per heavy atom. The Kier molecular flexibility index (Phi) is 5.82. The number of benzene rings is 1. The van der Waals surface area contributed by atoms with E-state index in [1.54, 1.807) is 6.92 Å². The molecule has 0 amide bonds. The number of hydrogen-bond donors (Lipinski definition) is 1. The average molecular weight is 363 g/mol. The van der Waals surface area contributed by atoms with Crippen molar-refractivity contribution in [3.63, 3.8) is 0 Å². The SMILES string of the molecule is CC1CN(S(=O)(=O)c2c(F)c(F)cc(F)c2F)C(C)CN1.Cl. The molecule has 1 aromatic carbocycles. The van der Waals surface area contributed by atoms with Crippen molar-refractivity contribution < 1.29 is 26.0 Å². The van der Waals surface area contributed by atoms with E-state index in [0.29, 0.717) is 0 Å². The van der Waals surface area contributed by atoms with Gasteiger partial charge >= 0.3 is 0 Å². The molecule has 0 spiro atoms. The second-order valence-corrected chi connectivity index (χ2v) is 6.86. The first-order valence-corrected chi connectivity index (χ1v) is 7.68. The van der Waals surface area contributed by atoms with E-state index in [4.69, 9.17) is 0 Å². The normalized spacial score (nSPS) is 23.2. The van der Waals surface area contributed by atoms with Crippen LogP contribution in [0.1, 0.15) is 13.8 Å². The van der Waals surface area contributed by atoms with Crippen molar-refractivity contribution in [1.82, 2.24) is 9.62 Å². The van der Waals surface area contributed by atoms with Crippen LogP contribution < -0.4 is 5.32 Å². The van der Waals surface area contributed by atoms with Gasteiger partial charge in [-0.05, 0) is 13.8 Å². The van der Waals surface area contributed by atoms with Gasteiger partial charge in [-0.2, -0.15) is 4.31 Å². The van der Waals surface area contributed by atoms with E-state index in [1.807, 2.05) is 0 Å². The van der Waals surface area contributed by atoms with Crippen LogP contribution in [0.3, 0.4) is 0 Å². The van der Waals surface area contributed by atoms with Crippen molar-refractivity contribution in [2.45, 2.75) is 30.8 Å². The molecule has 4 nitrogen and oxygen atoms in total. The second-order valence-electron chi connectivity index (χ2n) is 5.03. The predicted octanol–water partition coefficient (Wildman–Crippen LogP) is 2.04. The molecule has 1 aromatic rings. The van der Waals surface area contributed by atoms with Gasteiger partial charge in [0, 0.05) is 31.2 Å². The van der Waals surface area contributed by atoms with E-state index in [1.165, 1.54) is 6.92 Å². The Labute approximate surface area is 132 Å². The molecule has 2 unspecified atom stereocenters. The number of nitrogens with one attached hydrogen (secondary N) is 1. The lowest BCUT2D eigenvalue weighted by molar-refractivity contribution is 0.242. The fourth-order valence-electron chi connectivity index (χ4n) is 2.22. The van der Waals surface area contributed by atoms with E-state index >= 15 is 0 Å². The van der Waals surface area contributed by atoms with Crippen molar-refractivity contribution in [3.8, 4) is 0 Å². The maximum Gasteiger partial charge on any atom is 0.249 e. The largest absolute Gasteiger partial charge is 0.311 e. The Balaban J connectivity index is 0.00000242. The maximum atomic E-state index is 13.7. The van der Waals surface area contributed by atoms with Gasteiger partial charge in [0.15, 0.2) is 28.2 Å². The zero-order valence-corrected chi connectivity index (χ0v) is 13.4. The van der Waals surface area contributed by atoms with Gasteiger partial charge in [0.2, 0.25) is 10.0 Å². The minimum absolute atomic E-state index is 0. The van der Waals surface area contributed by atoms with E-state index in [9.17, 15) is 26.0 Å². The molecular weight excluding hydrogens is 348 g/mol. The molecule has 1 heterocycles. The van der Waals surface area contributed by atoms with Crippen LogP contribution in [0.25, 0.3) is 0 Å². The van der Waals surface area contributed by atoms with Gasteiger partial charge in [0.25, 0.3) is 0 Å². The minimum atomic E-state index is -4.69. The third kappa shape index (κ3) is 3.22. The van der Waals surface area contributed by atoms with Crippen LogP contribution in [-0.4, -0.2) is 37.9 Å². The Hall–Kier alpha value is -0.900. The van der Waals surface area contributed by atoms with Crippen molar-refractivity contribution in [2.75, 3.05) is 13.1 Å². The summed E-state index contributed by atoms with van der Waals surface area (Å²) in [6.45, 7) is 3.43. The number of nitrogens with zero attached hydrogens (tertiary/aromatic N) is 1. The van der Waals surface area contributed by atoms with Gasteiger partial charge < -0.3 is 5.32 Å². The molecule has 0 radical (unpaired) electrons. The van der Waals surface area contributed by atoms with Crippen LogP contribution in [0.4, 0.5) is 17.6 Å². The first kappa shape index (κ1) is 19.1. The van der Waals surface area contributed by atoms with E-state index < -0.39 is 44.2 Å². The van der Waals surface area contributed by atoms with Crippen molar-refractivity contribution in [1.29, 1.82) is 0 Å². The van der Waals surface area contributed by atoms with Gasteiger partial charge in [-0.25, -0.2) is 26.0 Å². The summed E-state index contributed by atoms with van der Waals surface area (Å²) in [5, 5.41) is 3.00. The summed E-state index contributed by atoms with van der Waals surface area (Å²) in [5.74, 6) is -7.31. The standard InChI is InChI=1S/C12H14F4N2O2S.ClH/c1-6-5-18(7(2)4-17-6)21(19,20)12-10(15)8(13)3-9(14)11(12)16;/h3,6-7,17H,4-5H2,1-2H3;1H. The fraction of sp³-hybridized carbons (Fsp3) is 0.500. The van der Waals surface area contributed by atoms with Crippen LogP contribution in [0, 0.1) is 23.3 Å². The average Bonchev–Trinajstić information content (AvgIpc) is 2.39. The first-order valence-electron chi connectivity index (χ1n) is 6.24. The van der Waals surface area contributed by atoms with Crippen LogP contribution in [0.15, 0.2) is 11.0 Å². The number of halogens is 5. The Morgan fingerprint density at radius 2 is 1.64 bits per heavy atom. The molecule has 10 heteroatoms. The molecule has 1 N–H and O–H groups in total. The number of sulfonamides is 1. The zero-order chi connectivity index (χ0) is 15.9. The highest BCUT2D eigenvalue weighted by Gasteiger charge is 2.39. The summed E-state index contributed by atoms with van der Waals surface area (Å²) in [7, 11) is -4.69. The summed E-state index contributed by atoms with van der Waals surface area (Å²) in [6, 6.07) is -0.870. The van der Waals surface area contributed by atoms with Crippen LogP contribution in [0.5, 0.6) is 0 Å². The molecule has 2 rings (SSSR count). The summed E-state index contributed by atoms with van der Waals surface area (Å²) in [4.78, 5) is -1.58. The fourth-order valence-corrected chi connectivity index (χ4v) is 4.07. The van der Waals surface area contributed by atoms with Crippen LogP contribution in [0.2, 0.25) is 0 Å². The molecular formula is C12H15ClF4N2O2S. The molecule has 1 saturated heterocycles. The smallest absolute Gasteiger partial charge is 0.249 e. The molecule has 0 bridgehead atoms. The highest BCUT2D eigenvalue weighted by molar-refractivity contribution is 7.89. The Morgan fingerprint density at radius 3 is 2.14 bits per heavy atom. The van der Waals surface area contributed by atoms with Gasteiger partial charge in [-0.3, -0.25) is 0 Å². The minimum Gasteiger partial charge on any atom is -0.311 e. The number of rotatable bonds is 2. The van der Waals surface area contributed by atoms with Gasteiger partial charge in [0.05, 0.1) is 0 Å². The van der Waals surface area contributed by atoms with Crippen molar-refractivity contribution in [2.24, 2.45) is 0 Å². The summed E-state index contributed by atoms with van der Waals surface area (Å²) in [5.41, 5.74) is 0. The highest BCUT2D eigenvalue weighted by Crippen LogP contribution is 2.28. The first-order chi connectivity index (χ1) is 9.66. The van der Waals surface area contributed by atoms with Crippen LogP contribution >= 0.6 is 12.4 Å². The molecule has 1 fully saturated rings. The van der Waals surface area contributed by atoms with Gasteiger partial charge in [-0.1, -0.05) is 0 Å². The lowest BCUT2D eigenvalue weighted by atomic mass is 10.2. The van der Waals surface area contributed by atoms with E-state index in [-0.39, 0.29) is 37.6 Å². The zero-order valence-electron chi connectivity index (χ0n) is 11.7. The van der Waals surface area contributed by atoms with E-state index in [0.717, 1.165) is 4.31 Å². The molecule has 1 aliphatic heterocycles. The van der Waals surface area contributed by atoms with Gasteiger partial charge in [-0.15, -0.1) is 12.4 Å². The molecule has 0 aromatic heterocycles. The molecule has 1 aliphatic rings. The topological polar surface area (TPSA) is 49.4 Å². The third-order valence-electron chi connectivity index (χ3n) is 3.35. The summed E-state index contributed by atoms with van der Waals surface area (Å²) >= 11 is 0. The highest BCUT2D eigenvalue weighted by atomic mass is 35.5. The van der Waals surface area contributed by atoms with E-state index in [2.05, 4.69) is 5.32 Å². The van der Waals surface area contributed by atoms with Crippen molar-refractivity contribution in [3.05, 3.63) is 29.3 Å². The lowest BCUT2D eigenvalue weighted by Crippen LogP contribution is -2.56. The van der Waals surface area contributed by atoms with Crippen molar-refractivity contribution >= 4 is 22.4 Å². The molecule has 22 heavy (non-hydrogen) atoms. The number of piperazine rings is 1. The third-order valence-corrected chi connectivity index (χ3v) is 5.35. The Bertz CT molecular complexity index is 645. The number of hydrogen-bond acceptors (Lipinski definition) is 3. The lowest BCUT2D eigenvalue weighted by Gasteiger charge is -2.36. The molecule has 0 saturated carbocycles. The molecule has 0 aliphatic carbocycles. The summed E-state index contributed by atoms with van der Waals surface area (Å²) in [6.07, 6.45) is 0. The molecule has 2 atom stereocenters. The monoisotopic (exact) mass is 362 g/mol. The second kappa shape index (κ2) is 6.69. The van der Waals surface area contributed by atoms with Gasteiger partial charge in [0.1, 0.15) is 0 Å². The predicted molar refractivity (Wildman–Crippen MR) is 74.3 cm³/mol. The maximum absolute atomic E-state index is 13.7. The quantitative estimate of drug-likeness (QED) is 0.647. The summed E-state index contributed by atoms with van der Waals surface area (Å²) < 4.78 is 79.4. The van der Waals surface area contributed by atoms with Crippen LogP contribution in [-0.2, 0) is 10.0 Å².